The van der Waals surface area contributed by atoms with E-state index in [0.29, 0.717) is 11.3 Å². The summed E-state index contributed by atoms with van der Waals surface area (Å²) < 4.78 is 10.2. The van der Waals surface area contributed by atoms with E-state index in [4.69, 9.17) is 9.47 Å². The first kappa shape index (κ1) is 18.8. The number of rotatable bonds is 7. The maximum absolute atomic E-state index is 12.2. The molecule has 138 valence electrons. The summed E-state index contributed by atoms with van der Waals surface area (Å²) in [5.74, 6) is -0.230. The van der Waals surface area contributed by atoms with E-state index in [-0.39, 0.29) is 18.1 Å². The minimum atomic E-state index is -0.607. The number of carbonyl (C=O) groups is 2. The topological polar surface area (TPSA) is 65.5 Å². The van der Waals surface area contributed by atoms with E-state index in [1.807, 2.05) is 24.3 Å². The highest BCUT2D eigenvalue weighted by atomic mass is 32.1. The van der Waals surface area contributed by atoms with Gasteiger partial charge in [-0.3, -0.25) is 4.79 Å². The van der Waals surface area contributed by atoms with Gasteiger partial charge in [-0.1, -0.05) is 31.2 Å². The molecule has 0 aliphatic heterocycles. The number of Topliss-reactive ketones (excluding diaryl/α,β-unsaturated/α-hetero) is 1. The molecule has 3 aromatic rings. The maximum Gasteiger partial charge on any atom is 0.358 e. The number of esters is 1. The zero-order valence-electron chi connectivity index (χ0n) is 15.1. The summed E-state index contributed by atoms with van der Waals surface area (Å²) in [6, 6.07) is 14.7. The molecule has 0 saturated heterocycles. The molecule has 0 atom stereocenters. The van der Waals surface area contributed by atoms with Gasteiger partial charge in [-0.05, 0) is 36.2 Å². The van der Waals surface area contributed by atoms with Crippen molar-refractivity contribution in [3.8, 4) is 16.3 Å². The molecule has 0 amide bonds. The predicted molar refractivity (Wildman–Crippen MR) is 105 cm³/mol. The standard InChI is InChI=1S/C21H19NO4S/c1-3-14-4-6-16(7-5-14)20-22-18(13-27-20)21(24)26-12-19(23)15-8-10-17(25-2)11-9-15/h4-11,13H,3,12H2,1-2H3. The summed E-state index contributed by atoms with van der Waals surface area (Å²) >= 11 is 1.37. The van der Waals surface area contributed by atoms with Crippen LogP contribution >= 0.6 is 11.3 Å². The second kappa shape index (κ2) is 8.60. The van der Waals surface area contributed by atoms with E-state index in [0.717, 1.165) is 17.0 Å². The van der Waals surface area contributed by atoms with Crippen LogP contribution in [0.5, 0.6) is 5.75 Å². The average molecular weight is 381 g/mol. The molecule has 1 aromatic heterocycles. The van der Waals surface area contributed by atoms with Crippen molar-refractivity contribution in [2.45, 2.75) is 13.3 Å². The molecular formula is C21H19NO4S. The first-order valence-corrected chi connectivity index (χ1v) is 9.38. The molecule has 0 N–H and O–H groups in total. The zero-order valence-corrected chi connectivity index (χ0v) is 15.9. The third-order valence-corrected chi connectivity index (χ3v) is 4.96. The molecule has 3 rings (SSSR count). The van der Waals surface area contributed by atoms with Crippen molar-refractivity contribution in [2.75, 3.05) is 13.7 Å². The smallest absolute Gasteiger partial charge is 0.358 e. The summed E-state index contributed by atoms with van der Waals surface area (Å²) in [4.78, 5) is 28.6. The number of hydrogen-bond acceptors (Lipinski definition) is 6. The van der Waals surface area contributed by atoms with Crippen LogP contribution in [0, 0.1) is 0 Å². The fourth-order valence-electron chi connectivity index (χ4n) is 2.45. The minimum Gasteiger partial charge on any atom is -0.497 e. The number of methoxy groups -OCH3 is 1. The van der Waals surface area contributed by atoms with Gasteiger partial charge in [0.2, 0.25) is 0 Å². The maximum atomic E-state index is 12.2. The van der Waals surface area contributed by atoms with Crippen LogP contribution in [0.2, 0.25) is 0 Å². The third-order valence-electron chi connectivity index (χ3n) is 4.07. The first-order chi connectivity index (χ1) is 13.1. The van der Waals surface area contributed by atoms with Crippen molar-refractivity contribution in [3.05, 3.63) is 70.7 Å². The molecule has 5 nitrogen and oxygen atoms in total. The van der Waals surface area contributed by atoms with E-state index in [1.165, 1.54) is 16.9 Å². The number of nitrogens with zero attached hydrogens (tertiary/aromatic N) is 1. The zero-order chi connectivity index (χ0) is 19.2. The fraction of sp³-hybridized carbons (Fsp3) is 0.190. The van der Waals surface area contributed by atoms with Crippen LogP contribution in [0.1, 0.15) is 33.3 Å². The molecule has 0 saturated carbocycles. The molecule has 2 aromatic carbocycles. The van der Waals surface area contributed by atoms with Crippen molar-refractivity contribution in [1.29, 1.82) is 0 Å². The number of ketones is 1. The van der Waals surface area contributed by atoms with Gasteiger partial charge in [-0.15, -0.1) is 11.3 Å². The van der Waals surface area contributed by atoms with Crippen molar-refractivity contribution < 1.29 is 19.1 Å². The third kappa shape index (κ3) is 4.60. The van der Waals surface area contributed by atoms with E-state index in [2.05, 4.69) is 11.9 Å². The van der Waals surface area contributed by atoms with Crippen LogP contribution < -0.4 is 4.74 Å². The molecule has 1 heterocycles. The van der Waals surface area contributed by atoms with Gasteiger partial charge >= 0.3 is 5.97 Å². The number of benzene rings is 2. The second-order valence-corrected chi connectivity index (χ2v) is 6.67. The fourth-order valence-corrected chi connectivity index (χ4v) is 3.24. The van der Waals surface area contributed by atoms with Gasteiger partial charge < -0.3 is 9.47 Å². The van der Waals surface area contributed by atoms with E-state index >= 15 is 0 Å². The van der Waals surface area contributed by atoms with Gasteiger partial charge in [0, 0.05) is 16.5 Å². The molecule has 0 aliphatic rings. The number of ether oxygens (including phenoxy) is 2. The molecule has 0 bridgehead atoms. The summed E-state index contributed by atoms with van der Waals surface area (Å²) in [5, 5.41) is 2.38. The van der Waals surface area contributed by atoms with Crippen LogP contribution in [0.3, 0.4) is 0 Å². The Hall–Kier alpha value is -2.99. The lowest BCUT2D eigenvalue weighted by Crippen LogP contribution is -2.14. The summed E-state index contributed by atoms with van der Waals surface area (Å²) in [6.45, 7) is 1.77. The highest BCUT2D eigenvalue weighted by Crippen LogP contribution is 2.24. The molecule has 6 heteroatoms. The van der Waals surface area contributed by atoms with Crippen LogP contribution in [0.4, 0.5) is 0 Å². The van der Waals surface area contributed by atoms with E-state index in [1.54, 1.807) is 36.8 Å². The summed E-state index contributed by atoms with van der Waals surface area (Å²) in [5.41, 5.74) is 2.85. The lowest BCUT2D eigenvalue weighted by atomic mass is 10.1. The predicted octanol–water partition coefficient (Wildman–Crippen LogP) is 4.42. The van der Waals surface area contributed by atoms with Crippen molar-refractivity contribution >= 4 is 23.1 Å². The van der Waals surface area contributed by atoms with Gasteiger partial charge in [-0.25, -0.2) is 9.78 Å². The second-order valence-electron chi connectivity index (χ2n) is 5.82. The van der Waals surface area contributed by atoms with Gasteiger partial charge in [0.05, 0.1) is 7.11 Å². The highest BCUT2D eigenvalue weighted by molar-refractivity contribution is 7.13. The van der Waals surface area contributed by atoms with Crippen molar-refractivity contribution in [3.63, 3.8) is 0 Å². The number of thiazole rings is 1. The molecule has 27 heavy (non-hydrogen) atoms. The number of hydrogen-bond donors (Lipinski definition) is 0. The Balaban J connectivity index is 1.60. The molecule has 0 unspecified atom stereocenters. The number of carbonyl (C=O) groups excluding carboxylic acids is 2. The van der Waals surface area contributed by atoms with Crippen molar-refractivity contribution in [2.24, 2.45) is 0 Å². The van der Waals surface area contributed by atoms with Crippen LogP contribution in [-0.4, -0.2) is 30.5 Å². The molecule has 0 radical (unpaired) electrons. The quantitative estimate of drug-likeness (QED) is 0.448. The Morgan fingerprint density at radius 2 is 1.74 bits per heavy atom. The number of aryl methyl sites for hydroxylation is 1. The van der Waals surface area contributed by atoms with Gasteiger partial charge in [0.1, 0.15) is 10.8 Å². The lowest BCUT2D eigenvalue weighted by Gasteiger charge is -2.04. The van der Waals surface area contributed by atoms with Crippen LogP contribution in [0.15, 0.2) is 53.9 Å². The monoisotopic (exact) mass is 381 g/mol. The highest BCUT2D eigenvalue weighted by Gasteiger charge is 2.16. The average Bonchev–Trinajstić information content (AvgIpc) is 3.22. The summed E-state index contributed by atoms with van der Waals surface area (Å²) in [6.07, 6.45) is 0.970. The van der Waals surface area contributed by atoms with E-state index < -0.39 is 5.97 Å². The first-order valence-electron chi connectivity index (χ1n) is 8.50. The Morgan fingerprint density at radius 3 is 2.37 bits per heavy atom. The van der Waals surface area contributed by atoms with E-state index in [9.17, 15) is 9.59 Å². The van der Waals surface area contributed by atoms with Crippen LogP contribution in [0.25, 0.3) is 10.6 Å². The van der Waals surface area contributed by atoms with Gasteiger partial charge in [-0.2, -0.15) is 0 Å². The molecule has 0 spiro atoms. The number of aromatic nitrogens is 1. The summed E-state index contributed by atoms with van der Waals surface area (Å²) in [7, 11) is 1.55. The Kier molecular flexibility index (Phi) is 5.98. The largest absolute Gasteiger partial charge is 0.497 e. The van der Waals surface area contributed by atoms with Gasteiger partial charge in [0.25, 0.3) is 0 Å². The van der Waals surface area contributed by atoms with Gasteiger partial charge in [0.15, 0.2) is 18.1 Å². The van der Waals surface area contributed by atoms with Crippen LogP contribution in [-0.2, 0) is 11.2 Å². The Bertz CT molecular complexity index is 930. The minimum absolute atomic E-state index is 0.206. The Morgan fingerprint density at radius 1 is 1.04 bits per heavy atom. The Labute approximate surface area is 161 Å². The molecule has 0 aliphatic carbocycles. The SMILES string of the molecule is CCc1ccc(-c2nc(C(=O)OCC(=O)c3ccc(OC)cc3)cs2)cc1. The molecule has 0 fully saturated rings. The molecular weight excluding hydrogens is 362 g/mol. The normalized spacial score (nSPS) is 10.4. The lowest BCUT2D eigenvalue weighted by molar-refractivity contribution is 0.0470. The van der Waals surface area contributed by atoms with Crippen molar-refractivity contribution in [1.82, 2.24) is 4.98 Å².